The molecular weight excluding hydrogens is 287 g/mol. The van der Waals surface area contributed by atoms with Crippen molar-refractivity contribution in [3.8, 4) is 0 Å². The molecule has 2 aromatic rings. The third kappa shape index (κ3) is 2.64. The summed E-state index contributed by atoms with van der Waals surface area (Å²) in [6.07, 6.45) is 3.45. The number of carboxylic acids is 1. The maximum absolute atomic E-state index is 13.7. The van der Waals surface area contributed by atoms with Crippen molar-refractivity contribution in [1.29, 1.82) is 0 Å². The van der Waals surface area contributed by atoms with Gasteiger partial charge in [-0.05, 0) is 31.0 Å². The summed E-state index contributed by atoms with van der Waals surface area (Å²) < 4.78 is 13.7. The molecule has 1 aliphatic carbocycles. The highest BCUT2D eigenvalue weighted by Crippen LogP contribution is 2.27. The van der Waals surface area contributed by atoms with Crippen LogP contribution in [0.1, 0.15) is 29.6 Å². The topological polar surface area (TPSA) is 79.3 Å². The van der Waals surface area contributed by atoms with Crippen molar-refractivity contribution in [2.45, 2.75) is 25.3 Å². The van der Waals surface area contributed by atoms with Crippen molar-refractivity contribution >= 4 is 22.8 Å². The maximum Gasteiger partial charge on any atom is 0.308 e. The van der Waals surface area contributed by atoms with E-state index in [9.17, 15) is 14.0 Å². The molecule has 1 aromatic heterocycles. The Balaban J connectivity index is 1.91. The largest absolute Gasteiger partial charge is 0.481 e. The molecule has 2 atom stereocenters. The lowest BCUT2D eigenvalue weighted by Gasteiger charge is -2.18. The maximum atomic E-state index is 13.7. The average molecular weight is 302 g/mol. The number of benzene rings is 1. The summed E-state index contributed by atoms with van der Waals surface area (Å²) >= 11 is 0. The predicted molar refractivity (Wildman–Crippen MR) is 77.9 cm³/mol. The van der Waals surface area contributed by atoms with Gasteiger partial charge in [0.15, 0.2) is 0 Å². The molecule has 0 saturated heterocycles. The second kappa shape index (κ2) is 5.71. The van der Waals surface area contributed by atoms with Crippen LogP contribution in [-0.4, -0.2) is 28.0 Å². The van der Waals surface area contributed by atoms with E-state index in [-0.39, 0.29) is 5.56 Å². The Kier molecular flexibility index (Phi) is 3.75. The number of carboxylic acid groups (broad SMARTS) is 1. The van der Waals surface area contributed by atoms with Gasteiger partial charge in [-0.3, -0.25) is 14.6 Å². The van der Waals surface area contributed by atoms with E-state index in [0.717, 1.165) is 12.5 Å². The Bertz CT molecular complexity index is 747. The number of amides is 1. The number of hydrogen-bond acceptors (Lipinski definition) is 3. The zero-order chi connectivity index (χ0) is 15.7. The molecule has 0 unspecified atom stereocenters. The van der Waals surface area contributed by atoms with Crippen LogP contribution in [0.2, 0.25) is 0 Å². The number of hydrogen-bond donors (Lipinski definition) is 2. The van der Waals surface area contributed by atoms with Gasteiger partial charge >= 0.3 is 5.97 Å². The van der Waals surface area contributed by atoms with E-state index in [0.29, 0.717) is 23.7 Å². The van der Waals surface area contributed by atoms with Crippen molar-refractivity contribution in [2.75, 3.05) is 0 Å². The number of rotatable bonds is 3. The fourth-order valence-corrected chi connectivity index (χ4v) is 3.00. The van der Waals surface area contributed by atoms with Crippen molar-refractivity contribution in [3.05, 3.63) is 41.8 Å². The summed E-state index contributed by atoms with van der Waals surface area (Å²) in [5.41, 5.74) is 0.540. The molecule has 0 bridgehead atoms. The molecule has 1 aromatic carbocycles. The van der Waals surface area contributed by atoms with E-state index in [2.05, 4.69) is 10.3 Å². The molecule has 1 aliphatic rings. The highest BCUT2D eigenvalue weighted by atomic mass is 19.1. The molecule has 114 valence electrons. The summed E-state index contributed by atoms with van der Waals surface area (Å²) in [7, 11) is 0. The molecule has 1 fully saturated rings. The zero-order valence-corrected chi connectivity index (χ0v) is 11.8. The summed E-state index contributed by atoms with van der Waals surface area (Å²) in [6, 6.07) is 5.37. The van der Waals surface area contributed by atoms with Gasteiger partial charge in [-0.1, -0.05) is 12.5 Å². The first-order valence-electron chi connectivity index (χ1n) is 7.14. The summed E-state index contributed by atoms with van der Waals surface area (Å²) in [5, 5.41) is 12.4. The van der Waals surface area contributed by atoms with Crippen LogP contribution in [-0.2, 0) is 4.79 Å². The van der Waals surface area contributed by atoms with Gasteiger partial charge in [0.2, 0.25) is 0 Å². The van der Waals surface area contributed by atoms with Crippen LogP contribution >= 0.6 is 0 Å². The molecular formula is C16H15FN2O3. The second-order valence-corrected chi connectivity index (χ2v) is 5.48. The molecule has 5 nitrogen and oxygen atoms in total. The molecule has 1 saturated carbocycles. The zero-order valence-electron chi connectivity index (χ0n) is 11.8. The van der Waals surface area contributed by atoms with E-state index < -0.39 is 29.7 Å². The number of aromatic nitrogens is 1. The van der Waals surface area contributed by atoms with Crippen LogP contribution in [0.3, 0.4) is 0 Å². The third-order valence-electron chi connectivity index (χ3n) is 4.06. The van der Waals surface area contributed by atoms with E-state index in [1.807, 2.05) is 0 Å². The SMILES string of the molecule is O=C(N[C@H]1CCC[C@H]1C(=O)O)c1cc(F)cc2cccnc12. The number of halogens is 1. The van der Waals surface area contributed by atoms with Crippen molar-refractivity contribution in [1.82, 2.24) is 10.3 Å². The van der Waals surface area contributed by atoms with Crippen LogP contribution in [0.25, 0.3) is 10.9 Å². The van der Waals surface area contributed by atoms with Crippen LogP contribution in [0.4, 0.5) is 4.39 Å². The first kappa shape index (κ1) is 14.4. The molecule has 6 heteroatoms. The van der Waals surface area contributed by atoms with Gasteiger partial charge in [0.1, 0.15) is 5.82 Å². The molecule has 22 heavy (non-hydrogen) atoms. The van der Waals surface area contributed by atoms with Gasteiger partial charge in [0.05, 0.1) is 17.0 Å². The highest BCUT2D eigenvalue weighted by Gasteiger charge is 2.34. The fourth-order valence-electron chi connectivity index (χ4n) is 3.00. The van der Waals surface area contributed by atoms with Gasteiger partial charge < -0.3 is 10.4 Å². The Morgan fingerprint density at radius 1 is 1.32 bits per heavy atom. The quantitative estimate of drug-likeness (QED) is 0.912. The lowest BCUT2D eigenvalue weighted by Crippen LogP contribution is -2.40. The smallest absolute Gasteiger partial charge is 0.308 e. The third-order valence-corrected chi connectivity index (χ3v) is 4.06. The Morgan fingerprint density at radius 2 is 2.14 bits per heavy atom. The lowest BCUT2D eigenvalue weighted by molar-refractivity contribution is -0.142. The number of aliphatic carboxylic acids is 1. The van der Waals surface area contributed by atoms with Gasteiger partial charge in [0, 0.05) is 17.6 Å². The predicted octanol–water partition coefficient (Wildman–Crippen LogP) is 2.36. The Morgan fingerprint density at radius 3 is 2.91 bits per heavy atom. The standard InChI is InChI=1S/C16H15FN2O3/c17-10-7-9-3-2-6-18-14(9)12(8-10)15(20)19-13-5-1-4-11(13)16(21)22/h2-3,6-8,11,13H,1,4-5H2,(H,19,20)(H,21,22)/t11-,13+/m1/s1. The van der Waals surface area contributed by atoms with Gasteiger partial charge in [-0.2, -0.15) is 0 Å². The highest BCUT2D eigenvalue weighted by molar-refractivity contribution is 6.05. The minimum atomic E-state index is -0.912. The summed E-state index contributed by atoms with van der Waals surface area (Å²) in [5.74, 6) is -2.50. The summed E-state index contributed by atoms with van der Waals surface area (Å²) in [6.45, 7) is 0. The summed E-state index contributed by atoms with van der Waals surface area (Å²) in [4.78, 5) is 27.7. The van der Waals surface area contributed by atoms with Crippen molar-refractivity contribution < 1.29 is 19.1 Å². The first-order valence-corrected chi connectivity index (χ1v) is 7.14. The molecule has 3 rings (SSSR count). The van der Waals surface area contributed by atoms with Crippen LogP contribution in [0.15, 0.2) is 30.5 Å². The fraction of sp³-hybridized carbons (Fsp3) is 0.312. The van der Waals surface area contributed by atoms with E-state index >= 15 is 0 Å². The Hall–Kier alpha value is -2.50. The van der Waals surface area contributed by atoms with E-state index in [1.54, 1.807) is 12.1 Å². The number of pyridine rings is 1. The number of carbonyl (C=O) groups is 2. The minimum Gasteiger partial charge on any atom is -0.481 e. The molecule has 1 heterocycles. The van der Waals surface area contributed by atoms with E-state index in [1.165, 1.54) is 12.3 Å². The molecule has 1 amide bonds. The first-order chi connectivity index (χ1) is 10.6. The number of nitrogens with one attached hydrogen (secondary N) is 1. The molecule has 2 N–H and O–H groups in total. The monoisotopic (exact) mass is 302 g/mol. The Labute approximate surface area is 126 Å². The van der Waals surface area contributed by atoms with Crippen LogP contribution in [0, 0.1) is 11.7 Å². The normalized spacial score (nSPS) is 21.0. The number of fused-ring (bicyclic) bond motifs is 1. The average Bonchev–Trinajstić information content (AvgIpc) is 2.94. The minimum absolute atomic E-state index is 0.131. The van der Waals surface area contributed by atoms with Gasteiger partial charge in [-0.15, -0.1) is 0 Å². The molecule has 0 radical (unpaired) electrons. The van der Waals surface area contributed by atoms with Gasteiger partial charge in [0.25, 0.3) is 5.91 Å². The van der Waals surface area contributed by atoms with Gasteiger partial charge in [-0.25, -0.2) is 4.39 Å². The van der Waals surface area contributed by atoms with Crippen LogP contribution in [0.5, 0.6) is 0 Å². The number of carbonyl (C=O) groups excluding carboxylic acids is 1. The second-order valence-electron chi connectivity index (χ2n) is 5.48. The van der Waals surface area contributed by atoms with Crippen molar-refractivity contribution in [2.24, 2.45) is 5.92 Å². The molecule has 0 aliphatic heterocycles. The van der Waals surface area contributed by atoms with Crippen molar-refractivity contribution in [3.63, 3.8) is 0 Å². The molecule has 0 spiro atoms. The number of nitrogens with zero attached hydrogens (tertiary/aromatic N) is 1. The van der Waals surface area contributed by atoms with Crippen LogP contribution < -0.4 is 5.32 Å². The van der Waals surface area contributed by atoms with E-state index in [4.69, 9.17) is 5.11 Å². The lowest BCUT2D eigenvalue weighted by atomic mass is 10.0.